The van der Waals surface area contributed by atoms with Crippen molar-refractivity contribution < 1.29 is 9.59 Å². The molecule has 0 spiro atoms. The molecule has 1 N–H and O–H groups in total. The fraction of sp³-hybridized carbons (Fsp3) is 0.778. The average Bonchev–Trinajstić information content (AvgIpc) is 2.01. The third-order valence-corrected chi connectivity index (χ3v) is 2.09. The van der Waals surface area contributed by atoms with Crippen LogP contribution in [0.25, 0.3) is 0 Å². The van der Waals surface area contributed by atoms with Crippen molar-refractivity contribution in [3.8, 4) is 0 Å². The van der Waals surface area contributed by atoms with E-state index in [9.17, 15) is 9.59 Å². The number of carbonyl (C=O) groups is 2. The average molecular weight is 199 g/mol. The van der Waals surface area contributed by atoms with E-state index in [1.807, 2.05) is 19.0 Å². The summed E-state index contributed by atoms with van der Waals surface area (Å²) in [4.78, 5) is 26.0. The van der Waals surface area contributed by atoms with Crippen LogP contribution in [0.15, 0.2) is 0 Å². The number of nitrogens with one attached hydrogen (secondary N) is 1. The van der Waals surface area contributed by atoms with Crippen molar-refractivity contribution >= 4 is 11.8 Å². The van der Waals surface area contributed by atoms with Gasteiger partial charge >= 0.3 is 0 Å². The van der Waals surface area contributed by atoms with E-state index in [1.165, 1.54) is 0 Å². The van der Waals surface area contributed by atoms with Crippen LogP contribution in [0.1, 0.15) is 6.42 Å². The van der Waals surface area contributed by atoms with E-state index in [-0.39, 0.29) is 11.8 Å². The first-order chi connectivity index (χ1) is 6.58. The molecule has 0 aromatic carbocycles. The predicted octanol–water partition coefficient (Wildman–Crippen LogP) is -1.10. The molecule has 5 heteroatoms. The molecule has 0 aromatic rings. The largest absolute Gasteiger partial charge is 0.309 e. The predicted molar refractivity (Wildman–Crippen MR) is 52.8 cm³/mol. The van der Waals surface area contributed by atoms with Crippen LogP contribution in [0.5, 0.6) is 0 Å². The summed E-state index contributed by atoms with van der Waals surface area (Å²) >= 11 is 0. The molecule has 0 saturated carbocycles. The molecule has 5 nitrogen and oxygen atoms in total. The lowest BCUT2D eigenvalue weighted by atomic mass is 10.3. The Morgan fingerprint density at radius 1 is 1.29 bits per heavy atom. The van der Waals surface area contributed by atoms with Gasteiger partial charge in [0.15, 0.2) is 0 Å². The maximum absolute atomic E-state index is 11.0. The Morgan fingerprint density at radius 3 is 2.36 bits per heavy atom. The zero-order chi connectivity index (χ0) is 10.6. The number of amides is 2. The molecule has 0 bridgehead atoms. The minimum Gasteiger partial charge on any atom is -0.309 e. The van der Waals surface area contributed by atoms with Crippen LogP contribution in [-0.4, -0.2) is 61.9 Å². The maximum Gasteiger partial charge on any atom is 0.240 e. The quantitative estimate of drug-likeness (QED) is 0.584. The second kappa shape index (κ2) is 5.07. The van der Waals surface area contributed by atoms with Gasteiger partial charge in [-0.3, -0.25) is 19.8 Å². The number of hydrogen-bond acceptors (Lipinski definition) is 4. The molecule has 0 unspecified atom stereocenters. The topological polar surface area (TPSA) is 52.6 Å². The Hall–Kier alpha value is -0.940. The maximum atomic E-state index is 11.0. The Bertz CT molecular complexity index is 212. The summed E-state index contributed by atoms with van der Waals surface area (Å²) in [6.07, 6.45) is 0.980. The fourth-order valence-corrected chi connectivity index (χ4v) is 1.47. The summed E-state index contributed by atoms with van der Waals surface area (Å²) in [5, 5.41) is 2.28. The molecule has 2 amide bonds. The summed E-state index contributed by atoms with van der Waals surface area (Å²) < 4.78 is 0. The van der Waals surface area contributed by atoms with Gasteiger partial charge in [0.05, 0.1) is 13.1 Å². The first kappa shape index (κ1) is 11.1. The van der Waals surface area contributed by atoms with Crippen LogP contribution in [0.2, 0.25) is 0 Å². The van der Waals surface area contributed by atoms with Gasteiger partial charge in [-0.25, -0.2) is 0 Å². The number of piperazine rings is 1. The third kappa shape index (κ3) is 3.85. The second-order valence-corrected chi connectivity index (χ2v) is 3.84. The molecule has 14 heavy (non-hydrogen) atoms. The van der Waals surface area contributed by atoms with Gasteiger partial charge in [-0.05, 0) is 27.1 Å². The zero-order valence-electron chi connectivity index (χ0n) is 8.75. The Balaban J connectivity index is 2.23. The van der Waals surface area contributed by atoms with Crippen LogP contribution in [0.3, 0.4) is 0 Å². The summed E-state index contributed by atoms with van der Waals surface area (Å²) in [5.74, 6) is -0.378. The minimum atomic E-state index is -0.189. The normalized spacial score (nSPS) is 18.8. The molecule has 0 radical (unpaired) electrons. The van der Waals surface area contributed by atoms with E-state index in [0.29, 0.717) is 13.1 Å². The highest BCUT2D eigenvalue weighted by atomic mass is 16.2. The minimum absolute atomic E-state index is 0.189. The summed E-state index contributed by atoms with van der Waals surface area (Å²) in [6.45, 7) is 2.47. The van der Waals surface area contributed by atoms with Crippen molar-refractivity contribution in [2.45, 2.75) is 6.42 Å². The van der Waals surface area contributed by atoms with Crippen LogP contribution in [-0.2, 0) is 9.59 Å². The van der Waals surface area contributed by atoms with Crippen molar-refractivity contribution in [3.63, 3.8) is 0 Å². The van der Waals surface area contributed by atoms with Gasteiger partial charge in [-0.2, -0.15) is 0 Å². The summed E-state index contributed by atoms with van der Waals surface area (Å²) in [6, 6.07) is 0. The molecule has 80 valence electrons. The Kier molecular flexibility index (Phi) is 4.03. The highest BCUT2D eigenvalue weighted by Crippen LogP contribution is 1.96. The van der Waals surface area contributed by atoms with E-state index in [0.717, 1.165) is 19.5 Å². The number of rotatable bonds is 4. The Labute approximate surface area is 84.0 Å². The standard InChI is InChI=1S/C9H17N3O2/c1-11(2)4-3-5-12-6-8(13)10-9(14)7-12/h3-7H2,1-2H3,(H,10,13,14). The summed E-state index contributed by atoms with van der Waals surface area (Å²) in [5.41, 5.74) is 0. The molecular formula is C9H17N3O2. The van der Waals surface area contributed by atoms with Crippen LogP contribution >= 0.6 is 0 Å². The van der Waals surface area contributed by atoms with Gasteiger partial charge in [0.1, 0.15) is 0 Å². The van der Waals surface area contributed by atoms with Crippen molar-refractivity contribution in [1.82, 2.24) is 15.1 Å². The van der Waals surface area contributed by atoms with Gasteiger partial charge in [-0.1, -0.05) is 0 Å². The Morgan fingerprint density at radius 2 is 1.86 bits per heavy atom. The number of hydrogen-bond donors (Lipinski definition) is 1. The molecule has 1 saturated heterocycles. The van der Waals surface area contributed by atoms with E-state index < -0.39 is 0 Å². The van der Waals surface area contributed by atoms with Crippen molar-refractivity contribution in [2.24, 2.45) is 0 Å². The highest BCUT2D eigenvalue weighted by molar-refractivity contribution is 5.99. The first-order valence-electron chi connectivity index (χ1n) is 4.77. The van der Waals surface area contributed by atoms with Crippen LogP contribution in [0, 0.1) is 0 Å². The lowest BCUT2D eigenvalue weighted by Crippen LogP contribution is -2.51. The number of carbonyl (C=O) groups excluding carboxylic acids is 2. The van der Waals surface area contributed by atoms with Crippen molar-refractivity contribution in [2.75, 3.05) is 40.3 Å². The second-order valence-electron chi connectivity index (χ2n) is 3.84. The SMILES string of the molecule is CN(C)CCCN1CC(=O)NC(=O)C1. The molecule has 1 aliphatic heterocycles. The van der Waals surface area contributed by atoms with E-state index >= 15 is 0 Å². The molecule has 0 atom stereocenters. The smallest absolute Gasteiger partial charge is 0.240 e. The third-order valence-electron chi connectivity index (χ3n) is 2.09. The van der Waals surface area contributed by atoms with Crippen molar-refractivity contribution in [1.29, 1.82) is 0 Å². The lowest BCUT2D eigenvalue weighted by Gasteiger charge is -2.25. The molecule has 0 aliphatic carbocycles. The van der Waals surface area contributed by atoms with Crippen molar-refractivity contribution in [3.05, 3.63) is 0 Å². The first-order valence-corrected chi connectivity index (χ1v) is 4.77. The molecule has 1 heterocycles. The van der Waals surface area contributed by atoms with Gasteiger partial charge < -0.3 is 4.90 Å². The van der Waals surface area contributed by atoms with Crippen LogP contribution in [0.4, 0.5) is 0 Å². The van der Waals surface area contributed by atoms with Gasteiger partial charge in [0.25, 0.3) is 0 Å². The van der Waals surface area contributed by atoms with E-state index in [2.05, 4.69) is 10.2 Å². The zero-order valence-corrected chi connectivity index (χ0v) is 8.75. The van der Waals surface area contributed by atoms with E-state index in [4.69, 9.17) is 0 Å². The number of imide groups is 1. The van der Waals surface area contributed by atoms with Gasteiger partial charge in [0.2, 0.25) is 11.8 Å². The van der Waals surface area contributed by atoms with Gasteiger partial charge in [-0.15, -0.1) is 0 Å². The summed E-state index contributed by atoms with van der Waals surface area (Å²) in [7, 11) is 4.02. The fourth-order valence-electron chi connectivity index (χ4n) is 1.47. The van der Waals surface area contributed by atoms with Crippen LogP contribution < -0.4 is 5.32 Å². The number of nitrogens with zero attached hydrogens (tertiary/aromatic N) is 2. The molecule has 1 fully saturated rings. The lowest BCUT2D eigenvalue weighted by molar-refractivity contribution is -0.136. The molecule has 1 rings (SSSR count). The van der Waals surface area contributed by atoms with E-state index in [1.54, 1.807) is 0 Å². The van der Waals surface area contributed by atoms with Gasteiger partial charge in [0, 0.05) is 6.54 Å². The molecule has 0 aromatic heterocycles. The molecule has 1 aliphatic rings. The monoisotopic (exact) mass is 199 g/mol. The molecular weight excluding hydrogens is 182 g/mol. The highest BCUT2D eigenvalue weighted by Gasteiger charge is 2.21.